The molecule has 0 unspecified atom stereocenters. The number of halogens is 2. The number of esters is 1. The first-order valence-electron chi connectivity index (χ1n) is 8.29. The molecule has 2 atom stereocenters. The van der Waals surface area contributed by atoms with Gasteiger partial charge in [-0.25, -0.2) is 14.0 Å². The van der Waals surface area contributed by atoms with Gasteiger partial charge in [-0.1, -0.05) is 15.9 Å². The van der Waals surface area contributed by atoms with Gasteiger partial charge in [-0.15, -0.1) is 0 Å². The Hall–Kier alpha value is -2.61. The highest BCUT2D eigenvalue weighted by molar-refractivity contribution is 9.10. The average molecular weight is 435 g/mol. The molecule has 2 amide bonds. The molecule has 2 heterocycles. The third-order valence-electron chi connectivity index (χ3n) is 4.84. The van der Waals surface area contributed by atoms with Crippen LogP contribution in [0.3, 0.4) is 0 Å². The Balaban J connectivity index is 1.77. The van der Waals surface area contributed by atoms with E-state index < -0.39 is 23.5 Å². The third kappa shape index (κ3) is 2.84. The van der Waals surface area contributed by atoms with E-state index in [0.717, 1.165) is 0 Å². The number of carbonyl (C=O) groups excluding carboxylic acids is 2. The first-order valence-corrected chi connectivity index (χ1v) is 9.09. The maximum atomic E-state index is 14.5. The summed E-state index contributed by atoms with van der Waals surface area (Å²) < 4.78 is 26.0. The van der Waals surface area contributed by atoms with E-state index >= 15 is 0 Å². The molecule has 2 aliphatic rings. The molecule has 4 rings (SSSR count). The first kappa shape index (κ1) is 17.8. The molecule has 2 bridgehead atoms. The van der Waals surface area contributed by atoms with Gasteiger partial charge in [0.1, 0.15) is 11.6 Å². The predicted molar refractivity (Wildman–Crippen MR) is 99.3 cm³/mol. The predicted octanol–water partition coefficient (Wildman–Crippen LogP) is 4.14. The minimum Gasteiger partial charge on any atom is -0.467 e. The molecule has 0 radical (unpaired) electrons. The topological polar surface area (TPSA) is 67.9 Å². The molecule has 0 saturated carbocycles. The van der Waals surface area contributed by atoms with Crippen molar-refractivity contribution in [2.24, 2.45) is 0 Å². The lowest BCUT2D eigenvalue weighted by Gasteiger charge is -2.50. The largest absolute Gasteiger partial charge is 0.467 e. The standard InChI is InChI=1S/C19H16BrFN2O4/c1-19-9-14(12-7-10(17(24)26-2)3-6-16(12)27-19)22-18(25)23(19)15-5-4-11(20)8-13(15)21/h3-8,14H,9H2,1-2H3,(H,22,25)/t14-,19-/m0/s1. The summed E-state index contributed by atoms with van der Waals surface area (Å²) in [6, 6.07) is 8.60. The molecule has 2 aromatic carbocycles. The van der Waals surface area contributed by atoms with Crippen molar-refractivity contribution in [2.45, 2.75) is 25.1 Å². The van der Waals surface area contributed by atoms with Gasteiger partial charge in [-0.2, -0.15) is 0 Å². The van der Waals surface area contributed by atoms with Gasteiger partial charge in [0, 0.05) is 16.5 Å². The lowest BCUT2D eigenvalue weighted by atomic mass is 9.89. The summed E-state index contributed by atoms with van der Waals surface area (Å²) in [5.74, 6) is -0.467. The number of hydrogen-bond acceptors (Lipinski definition) is 4. The van der Waals surface area contributed by atoms with Crippen molar-refractivity contribution in [3.05, 3.63) is 57.8 Å². The maximum Gasteiger partial charge on any atom is 0.337 e. The van der Waals surface area contributed by atoms with Gasteiger partial charge in [-0.05, 0) is 43.3 Å². The lowest BCUT2D eigenvalue weighted by molar-refractivity contribution is 0.0372. The number of urea groups is 1. The van der Waals surface area contributed by atoms with Crippen LogP contribution in [0, 0.1) is 5.82 Å². The van der Waals surface area contributed by atoms with Crippen LogP contribution in [-0.4, -0.2) is 24.8 Å². The van der Waals surface area contributed by atoms with Gasteiger partial charge < -0.3 is 14.8 Å². The van der Waals surface area contributed by atoms with E-state index in [1.807, 2.05) is 0 Å². The summed E-state index contributed by atoms with van der Waals surface area (Å²) in [6.07, 6.45) is 0.395. The fourth-order valence-electron chi connectivity index (χ4n) is 3.65. The van der Waals surface area contributed by atoms with E-state index in [1.165, 1.54) is 24.1 Å². The van der Waals surface area contributed by atoms with E-state index in [1.54, 1.807) is 31.2 Å². The van der Waals surface area contributed by atoms with Crippen LogP contribution in [0.1, 0.15) is 35.3 Å². The molecule has 27 heavy (non-hydrogen) atoms. The minimum absolute atomic E-state index is 0.131. The van der Waals surface area contributed by atoms with E-state index in [9.17, 15) is 14.0 Å². The van der Waals surface area contributed by atoms with Crippen LogP contribution < -0.4 is 15.0 Å². The molecule has 1 N–H and O–H groups in total. The van der Waals surface area contributed by atoms with Crippen molar-refractivity contribution in [1.29, 1.82) is 0 Å². The van der Waals surface area contributed by atoms with Crippen LogP contribution in [-0.2, 0) is 4.74 Å². The third-order valence-corrected chi connectivity index (χ3v) is 5.34. The quantitative estimate of drug-likeness (QED) is 0.721. The molecule has 6 nitrogen and oxygen atoms in total. The van der Waals surface area contributed by atoms with Crippen LogP contribution in [0.4, 0.5) is 14.9 Å². The molecule has 0 spiro atoms. The summed E-state index contributed by atoms with van der Waals surface area (Å²) in [5.41, 5.74) is 0.131. The number of fused-ring (bicyclic) bond motifs is 4. The number of ether oxygens (including phenoxy) is 2. The van der Waals surface area contributed by atoms with E-state index in [0.29, 0.717) is 27.8 Å². The van der Waals surface area contributed by atoms with E-state index in [4.69, 9.17) is 9.47 Å². The first-order chi connectivity index (χ1) is 12.8. The molecule has 0 aliphatic carbocycles. The Morgan fingerprint density at radius 3 is 2.85 bits per heavy atom. The van der Waals surface area contributed by atoms with Gasteiger partial charge in [0.2, 0.25) is 0 Å². The number of carbonyl (C=O) groups is 2. The number of hydrogen-bond donors (Lipinski definition) is 1. The molecule has 1 saturated heterocycles. The number of benzene rings is 2. The molecule has 1 fully saturated rings. The van der Waals surface area contributed by atoms with Crippen molar-refractivity contribution in [3.63, 3.8) is 0 Å². The zero-order valence-electron chi connectivity index (χ0n) is 14.6. The SMILES string of the molecule is COC(=O)c1ccc2c(c1)[C@@H]1C[C@](C)(O2)N(c2ccc(Br)cc2F)C(=O)N1. The number of nitrogens with zero attached hydrogens (tertiary/aromatic N) is 1. The Bertz CT molecular complexity index is 967. The second-order valence-electron chi connectivity index (χ2n) is 6.66. The van der Waals surface area contributed by atoms with Crippen LogP contribution in [0.25, 0.3) is 0 Å². The fourth-order valence-corrected chi connectivity index (χ4v) is 3.98. The molecular formula is C19H16BrFN2O4. The van der Waals surface area contributed by atoms with Gasteiger partial charge in [-0.3, -0.25) is 4.90 Å². The second kappa shape index (κ2) is 6.23. The summed E-state index contributed by atoms with van der Waals surface area (Å²) >= 11 is 3.22. The number of rotatable bonds is 2. The van der Waals surface area contributed by atoms with Crippen molar-refractivity contribution in [1.82, 2.24) is 5.32 Å². The number of anilines is 1. The van der Waals surface area contributed by atoms with Crippen LogP contribution in [0.15, 0.2) is 40.9 Å². The maximum absolute atomic E-state index is 14.5. The summed E-state index contributed by atoms with van der Waals surface area (Å²) in [5, 5.41) is 2.88. The van der Waals surface area contributed by atoms with Crippen molar-refractivity contribution < 1.29 is 23.5 Å². The Kier molecular flexibility index (Phi) is 4.10. The Labute approximate surface area is 163 Å². The molecule has 2 aromatic rings. The molecular weight excluding hydrogens is 419 g/mol. The van der Waals surface area contributed by atoms with Gasteiger partial charge >= 0.3 is 12.0 Å². The summed E-state index contributed by atoms with van der Waals surface area (Å²) in [7, 11) is 1.31. The highest BCUT2D eigenvalue weighted by atomic mass is 79.9. The number of methoxy groups -OCH3 is 1. The monoisotopic (exact) mass is 434 g/mol. The van der Waals surface area contributed by atoms with E-state index in [2.05, 4.69) is 21.2 Å². The normalized spacial score (nSPS) is 23.2. The van der Waals surface area contributed by atoms with Crippen LogP contribution in [0.5, 0.6) is 5.75 Å². The molecule has 2 aliphatic heterocycles. The highest BCUT2D eigenvalue weighted by Crippen LogP contribution is 2.46. The van der Waals surface area contributed by atoms with Crippen molar-refractivity contribution >= 4 is 33.6 Å². The zero-order chi connectivity index (χ0) is 19.3. The van der Waals surface area contributed by atoms with Gasteiger partial charge in [0.05, 0.1) is 24.4 Å². The van der Waals surface area contributed by atoms with Crippen molar-refractivity contribution in [2.75, 3.05) is 12.0 Å². The van der Waals surface area contributed by atoms with Crippen LogP contribution in [0.2, 0.25) is 0 Å². The second-order valence-corrected chi connectivity index (χ2v) is 7.57. The minimum atomic E-state index is -1.07. The van der Waals surface area contributed by atoms with Crippen LogP contribution >= 0.6 is 15.9 Å². The van der Waals surface area contributed by atoms with Gasteiger partial charge in [0.15, 0.2) is 5.72 Å². The molecule has 8 heteroatoms. The summed E-state index contributed by atoms with van der Waals surface area (Å²) in [4.78, 5) is 25.9. The average Bonchev–Trinajstić information content (AvgIpc) is 2.62. The Morgan fingerprint density at radius 2 is 2.15 bits per heavy atom. The lowest BCUT2D eigenvalue weighted by Crippen LogP contribution is -2.65. The van der Waals surface area contributed by atoms with Crippen molar-refractivity contribution in [3.8, 4) is 5.75 Å². The smallest absolute Gasteiger partial charge is 0.337 e. The molecule has 0 aromatic heterocycles. The highest BCUT2D eigenvalue weighted by Gasteiger charge is 2.50. The zero-order valence-corrected chi connectivity index (χ0v) is 16.2. The number of amides is 2. The van der Waals surface area contributed by atoms with Gasteiger partial charge in [0.25, 0.3) is 0 Å². The van der Waals surface area contributed by atoms with E-state index in [-0.39, 0.29) is 11.7 Å². The summed E-state index contributed by atoms with van der Waals surface area (Å²) in [6.45, 7) is 1.75. The Morgan fingerprint density at radius 1 is 1.37 bits per heavy atom. The fraction of sp³-hybridized carbons (Fsp3) is 0.263. The molecule has 140 valence electrons. The number of nitrogens with one attached hydrogen (secondary N) is 1.